The highest BCUT2D eigenvalue weighted by Gasteiger charge is 2.02. The first-order valence-corrected chi connectivity index (χ1v) is 7.56. The molecule has 1 N–H and O–H groups in total. The lowest BCUT2D eigenvalue weighted by Crippen LogP contribution is -2.00. The summed E-state index contributed by atoms with van der Waals surface area (Å²) in [6.07, 6.45) is 0.969. The van der Waals surface area contributed by atoms with Gasteiger partial charge < -0.3 is 9.84 Å². The van der Waals surface area contributed by atoms with Crippen LogP contribution in [0.3, 0.4) is 0 Å². The fourth-order valence-electron chi connectivity index (χ4n) is 1.16. The van der Waals surface area contributed by atoms with Crippen molar-refractivity contribution in [3.05, 3.63) is 21.9 Å². The van der Waals surface area contributed by atoms with Crippen LogP contribution in [0.15, 0.2) is 12.1 Å². The highest BCUT2D eigenvalue weighted by atomic mass is 32.2. The zero-order valence-electron chi connectivity index (χ0n) is 10.3. The van der Waals surface area contributed by atoms with Crippen LogP contribution in [0, 0.1) is 11.8 Å². The molecule has 1 aromatic rings. The minimum Gasteiger partial charge on any atom is -0.469 e. The van der Waals surface area contributed by atoms with Crippen LogP contribution in [-0.4, -0.2) is 30.5 Å². The molecular formula is C13H16O3S2. The van der Waals surface area contributed by atoms with Gasteiger partial charge in [0.05, 0.1) is 25.0 Å². The van der Waals surface area contributed by atoms with Crippen molar-refractivity contribution in [3.8, 4) is 11.8 Å². The molecule has 0 radical (unpaired) electrons. The zero-order valence-corrected chi connectivity index (χ0v) is 11.9. The molecular weight excluding hydrogens is 268 g/mol. The minimum absolute atomic E-state index is 0.106. The van der Waals surface area contributed by atoms with Crippen LogP contribution < -0.4 is 0 Å². The zero-order chi connectivity index (χ0) is 13.2. The van der Waals surface area contributed by atoms with Gasteiger partial charge in [-0.1, -0.05) is 11.8 Å². The molecule has 1 aromatic heterocycles. The lowest BCUT2D eigenvalue weighted by atomic mass is 10.4. The molecule has 3 nitrogen and oxygen atoms in total. The molecule has 0 saturated carbocycles. The Hall–Kier alpha value is -0.960. The molecule has 1 heterocycles. The van der Waals surface area contributed by atoms with Gasteiger partial charge in [-0.2, -0.15) is 11.8 Å². The maximum atomic E-state index is 10.9. The summed E-state index contributed by atoms with van der Waals surface area (Å²) < 4.78 is 4.57. The van der Waals surface area contributed by atoms with Gasteiger partial charge in [0.1, 0.15) is 0 Å². The third kappa shape index (κ3) is 6.10. The second kappa shape index (κ2) is 9.03. The Labute approximate surface area is 116 Å². The SMILES string of the molecule is COC(=O)CCSCc1ccc(C#CCCO)s1. The molecule has 0 aliphatic rings. The van der Waals surface area contributed by atoms with E-state index in [4.69, 9.17) is 5.11 Å². The average molecular weight is 284 g/mol. The average Bonchev–Trinajstić information content (AvgIpc) is 2.82. The number of esters is 1. The fraction of sp³-hybridized carbons (Fsp3) is 0.462. The van der Waals surface area contributed by atoms with Crippen LogP contribution in [0.25, 0.3) is 0 Å². The molecule has 0 saturated heterocycles. The smallest absolute Gasteiger partial charge is 0.306 e. The van der Waals surface area contributed by atoms with Gasteiger partial charge in [0, 0.05) is 22.8 Å². The van der Waals surface area contributed by atoms with Crippen LogP contribution in [0.1, 0.15) is 22.6 Å². The molecule has 18 heavy (non-hydrogen) atoms. The van der Waals surface area contributed by atoms with Crippen molar-refractivity contribution in [2.45, 2.75) is 18.6 Å². The summed E-state index contributed by atoms with van der Waals surface area (Å²) in [6, 6.07) is 4.05. The van der Waals surface area contributed by atoms with E-state index in [2.05, 4.69) is 22.6 Å². The van der Waals surface area contributed by atoms with Gasteiger partial charge in [-0.3, -0.25) is 4.79 Å². The molecule has 0 aliphatic heterocycles. The number of thioether (sulfide) groups is 1. The largest absolute Gasteiger partial charge is 0.469 e. The van der Waals surface area contributed by atoms with Gasteiger partial charge in [0.25, 0.3) is 0 Å². The van der Waals surface area contributed by atoms with E-state index in [1.165, 1.54) is 12.0 Å². The van der Waals surface area contributed by atoms with Gasteiger partial charge in [-0.25, -0.2) is 0 Å². The highest BCUT2D eigenvalue weighted by molar-refractivity contribution is 7.98. The number of methoxy groups -OCH3 is 1. The van der Waals surface area contributed by atoms with Gasteiger partial charge in [-0.05, 0) is 12.1 Å². The Bertz CT molecular complexity index is 429. The van der Waals surface area contributed by atoms with Crippen molar-refractivity contribution in [2.24, 2.45) is 0 Å². The van der Waals surface area contributed by atoms with Crippen molar-refractivity contribution in [1.29, 1.82) is 0 Å². The molecule has 1 rings (SSSR count). The normalized spacial score (nSPS) is 9.67. The summed E-state index contributed by atoms with van der Waals surface area (Å²) in [5.41, 5.74) is 0. The number of carbonyl (C=O) groups excluding carboxylic acids is 1. The highest BCUT2D eigenvalue weighted by Crippen LogP contribution is 2.21. The minimum atomic E-state index is -0.163. The molecule has 0 fully saturated rings. The third-order valence-electron chi connectivity index (χ3n) is 2.03. The lowest BCUT2D eigenvalue weighted by molar-refractivity contribution is -0.140. The van der Waals surface area contributed by atoms with Gasteiger partial charge in [0.2, 0.25) is 0 Å². The molecule has 98 valence electrons. The third-order valence-corrected chi connectivity index (χ3v) is 4.22. The standard InChI is InChI=1S/C13H16O3S2/c1-16-13(15)7-9-17-10-12-6-5-11(18-12)4-2-3-8-14/h5-6,14H,3,7-10H2,1H3. The van der Waals surface area contributed by atoms with E-state index in [0.717, 1.165) is 16.4 Å². The van der Waals surface area contributed by atoms with Crippen molar-refractivity contribution >= 4 is 29.1 Å². The Morgan fingerprint density at radius 2 is 2.39 bits per heavy atom. The summed E-state index contributed by atoms with van der Waals surface area (Å²) in [5.74, 6) is 7.41. The first-order chi connectivity index (χ1) is 8.76. The van der Waals surface area contributed by atoms with Gasteiger partial charge in [0.15, 0.2) is 0 Å². The fourth-order valence-corrected chi connectivity index (χ4v) is 3.07. The molecule has 0 aromatic carbocycles. The van der Waals surface area contributed by atoms with Gasteiger partial charge >= 0.3 is 5.97 Å². The molecule has 0 bridgehead atoms. The number of aliphatic hydroxyl groups is 1. The number of thiophene rings is 1. The summed E-state index contributed by atoms with van der Waals surface area (Å²) in [7, 11) is 1.41. The Kier molecular flexibility index (Phi) is 7.58. The van der Waals surface area contributed by atoms with Crippen molar-refractivity contribution in [2.75, 3.05) is 19.5 Å². The molecule has 5 heteroatoms. The summed E-state index contributed by atoms with van der Waals surface area (Å²) in [5, 5.41) is 8.62. The number of carbonyl (C=O) groups is 1. The predicted molar refractivity (Wildman–Crippen MR) is 75.7 cm³/mol. The first-order valence-electron chi connectivity index (χ1n) is 5.59. The molecule has 0 atom stereocenters. The van der Waals surface area contributed by atoms with E-state index in [-0.39, 0.29) is 12.6 Å². The quantitative estimate of drug-likeness (QED) is 0.494. The van der Waals surface area contributed by atoms with E-state index in [1.807, 2.05) is 6.07 Å². The predicted octanol–water partition coefficient (Wildman–Crippen LogP) is 2.28. The van der Waals surface area contributed by atoms with E-state index >= 15 is 0 Å². The molecule has 0 unspecified atom stereocenters. The van der Waals surface area contributed by atoms with Crippen molar-refractivity contribution in [1.82, 2.24) is 0 Å². The molecule has 0 aliphatic carbocycles. The Balaban J connectivity index is 2.27. The number of hydrogen-bond donors (Lipinski definition) is 1. The Morgan fingerprint density at radius 3 is 3.11 bits per heavy atom. The van der Waals surface area contributed by atoms with Crippen molar-refractivity contribution in [3.63, 3.8) is 0 Å². The molecule has 0 spiro atoms. The van der Waals surface area contributed by atoms with Gasteiger partial charge in [-0.15, -0.1) is 11.3 Å². The summed E-state index contributed by atoms with van der Waals surface area (Å²) >= 11 is 3.37. The van der Waals surface area contributed by atoms with Crippen LogP contribution in [0.4, 0.5) is 0 Å². The number of rotatable bonds is 6. The maximum absolute atomic E-state index is 10.9. The topological polar surface area (TPSA) is 46.5 Å². The molecule has 0 amide bonds. The van der Waals surface area contributed by atoms with Crippen LogP contribution in [0.2, 0.25) is 0 Å². The van der Waals surface area contributed by atoms with E-state index < -0.39 is 0 Å². The summed E-state index contributed by atoms with van der Waals surface area (Å²) in [4.78, 5) is 13.2. The van der Waals surface area contributed by atoms with Crippen LogP contribution in [-0.2, 0) is 15.3 Å². The van der Waals surface area contributed by atoms with E-state index in [1.54, 1.807) is 23.1 Å². The maximum Gasteiger partial charge on any atom is 0.306 e. The summed E-state index contributed by atoms with van der Waals surface area (Å²) in [6.45, 7) is 0.106. The van der Waals surface area contributed by atoms with E-state index in [9.17, 15) is 4.79 Å². The number of hydrogen-bond acceptors (Lipinski definition) is 5. The van der Waals surface area contributed by atoms with E-state index in [0.29, 0.717) is 12.8 Å². The Morgan fingerprint density at radius 1 is 1.56 bits per heavy atom. The lowest BCUT2D eigenvalue weighted by Gasteiger charge is -1.98. The number of aliphatic hydroxyl groups excluding tert-OH is 1. The first kappa shape index (κ1) is 15.1. The second-order valence-electron chi connectivity index (χ2n) is 3.42. The van der Waals surface area contributed by atoms with Crippen molar-refractivity contribution < 1.29 is 14.6 Å². The number of ether oxygens (including phenoxy) is 1. The van der Waals surface area contributed by atoms with Crippen LogP contribution >= 0.6 is 23.1 Å². The second-order valence-corrected chi connectivity index (χ2v) is 5.69. The monoisotopic (exact) mass is 284 g/mol. The van der Waals surface area contributed by atoms with Crippen LogP contribution in [0.5, 0.6) is 0 Å².